The van der Waals surface area contributed by atoms with Crippen molar-refractivity contribution in [1.29, 1.82) is 0 Å². The number of rotatable bonds is 3. The summed E-state index contributed by atoms with van der Waals surface area (Å²) < 4.78 is 0. The van der Waals surface area contributed by atoms with Crippen molar-refractivity contribution in [3.63, 3.8) is 0 Å². The van der Waals surface area contributed by atoms with Gasteiger partial charge in [-0.3, -0.25) is 5.01 Å². The first kappa shape index (κ1) is 14.8. The van der Waals surface area contributed by atoms with Crippen LogP contribution in [0.1, 0.15) is 5.56 Å². The lowest BCUT2D eigenvalue weighted by Gasteiger charge is -2.34. The minimum Gasteiger partial charge on any atom is -0.368 e. The highest BCUT2D eigenvalue weighted by atomic mass is 15.5. The van der Waals surface area contributed by atoms with Gasteiger partial charge in [0.05, 0.1) is 19.3 Å². The Balaban J connectivity index is 1.44. The molecule has 1 heterocycles. The molecule has 0 aromatic heterocycles. The van der Waals surface area contributed by atoms with Gasteiger partial charge in [-0.1, -0.05) is 60.7 Å². The van der Waals surface area contributed by atoms with Crippen molar-refractivity contribution < 1.29 is 0 Å². The standard InChI is InChI=1S/C21H21N3/c1-2-10-20(11-3-1)23-13-15-24(16-14-23)22-17-19-9-6-8-18-7-4-5-12-21(18)19/h1-12,17H,13-16H2. The van der Waals surface area contributed by atoms with Crippen molar-refractivity contribution in [2.45, 2.75) is 0 Å². The summed E-state index contributed by atoms with van der Waals surface area (Å²) >= 11 is 0. The normalized spacial score (nSPS) is 15.3. The van der Waals surface area contributed by atoms with Crippen molar-refractivity contribution in [1.82, 2.24) is 5.01 Å². The van der Waals surface area contributed by atoms with E-state index >= 15 is 0 Å². The van der Waals surface area contributed by atoms with Crippen LogP contribution in [0, 0.1) is 0 Å². The van der Waals surface area contributed by atoms with Gasteiger partial charge in [-0.2, -0.15) is 5.10 Å². The summed E-state index contributed by atoms with van der Waals surface area (Å²) in [6.07, 6.45) is 2.00. The number of benzene rings is 3. The van der Waals surface area contributed by atoms with Gasteiger partial charge >= 0.3 is 0 Å². The maximum absolute atomic E-state index is 4.71. The molecule has 120 valence electrons. The SMILES string of the molecule is C(=NN1CCN(c2ccccc2)CC1)c1cccc2ccccc12. The quantitative estimate of drug-likeness (QED) is 0.680. The van der Waals surface area contributed by atoms with E-state index in [2.05, 4.69) is 82.7 Å². The van der Waals surface area contributed by atoms with E-state index in [1.165, 1.54) is 22.0 Å². The third kappa shape index (κ3) is 3.11. The molecule has 3 heteroatoms. The average molecular weight is 315 g/mol. The molecule has 1 saturated heterocycles. The van der Waals surface area contributed by atoms with E-state index < -0.39 is 0 Å². The number of hydrogen-bond acceptors (Lipinski definition) is 3. The summed E-state index contributed by atoms with van der Waals surface area (Å²) in [5.41, 5.74) is 2.48. The number of nitrogens with zero attached hydrogens (tertiary/aromatic N) is 3. The highest BCUT2D eigenvalue weighted by molar-refractivity contribution is 5.99. The minimum absolute atomic E-state index is 0.955. The summed E-state index contributed by atoms with van der Waals surface area (Å²) in [7, 11) is 0. The minimum atomic E-state index is 0.955. The Morgan fingerprint density at radius 2 is 1.42 bits per heavy atom. The van der Waals surface area contributed by atoms with Gasteiger partial charge in [-0.25, -0.2) is 0 Å². The van der Waals surface area contributed by atoms with Crippen LogP contribution in [0.2, 0.25) is 0 Å². The van der Waals surface area contributed by atoms with Crippen molar-refractivity contribution >= 4 is 22.7 Å². The average Bonchev–Trinajstić information content (AvgIpc) is 2.67. The fourth-order valence-electron chi connectivity index (χ4n) is 3.22. The van der Waals surface area contributed by atoms with Crippen LogP contribution < -0.4 is 4.90 Å². The van der Waals surface area contributed by atoms with Gasteiger partial charge < -0.3 is 4.90 Å². The molecular weight excluding hydrogens is 294 g/mol. The van der Waals surface area contributed by atoms with Gasteiger partial charge in [0.25, 0.3) is 0 Å². The van der Waals surface area contributed by atoms with Crippen LogP contribution in [0.3, 0.4) is 0 Å². The highest BCUT2D eigenvalue weighted by Gasteiger charge is 2.15. The maximum Gasteiger partial charge on any atom is 0.0549 e. The molecule has 1 aliphatic heterocycles. The molecule has 4 rings (SSSR count). The molecule has 0 saturated carbocycles. The first-order valence-corrected chi connectivity index (χ1v) is 8.47. The molecule has 24 heavy (non-hydrogen) atoms. The monoisotopic (exact) mass is 315 g/mol. The third-order valence-electron chi connectivity index (χ3n) is 4.56. The third-order valence-corrected chi connectivity index (χ3v) is 4.56. The molecule has 1 fully saturated rings. The number of hydrazone groups is 1. The molecule has 0 radical (unpaired) electrons. The summed E-state index contributed by atoms with van der Waals surface area (Å²) in [5, 5.41) is 9.40. The van der Waals surface area contributed by atoms with Gasteiger partial charge in [0.1, 0.15) is 0 Å². The Morgan fingerprint density at radius 1 is 0.708 bits per heavy atom. The molecule has 3 aromatic carbocycles. The predicted octanol–water partition coefficient (Wildman–Crippen LogP) is 4.00. The van der Waals surface area contributed by atoms with Crippen LogP contribution >= 0.6 is 0 Å². The molecular formula is C21H21N3. The molecule has 0 N–H and O–H groups in total. The van der Waals surface area contributed by atoms with Crippen molar-refractivity contribution in [2.75, 3.05) is 31.1 Å². The first-order valence-electron chi connectivity index (χ1n) is 8.47. The summed E-state index contributed by atoms with van der Waals surface area (Å²) in [6.45, 7) is 3.93. The van der Waals surface area contributed by atoms with Gasteiger partial charge in [0, 0.05) is 24.3 Å². The van der Waals surface area contributed by atoms with Gasteiger partial charge in [-0.15, -0.1) is 0 Å². The van der Waals surface area contributed by atoms with Crippen molar-refractivity contribution in [2.24, 2.45) is 5.10 Å². The smallest absolute Gasteiger partial charge is 0.0549 e. The fraction of sp³-hybridized carbons (Fsp3) is 0.190. The van der Waals surface area contributed by atoms with E-state index in [9.17, 15) is 0 Å². The summed E-state index contributed by atoms with van der Waals surface area (Å²) in [6, 6.07) is 25.4. The Kier molecular flexibility index (Phi) is 4.15. The molecule has 0 spiro atoms. The van der Waals surface area contributed by atoms with E-state index in [1.54, 1.807) is 0 Å². The summed E-state index contributed by atoms with van der Waals surface area (Å²) in [4.78, 5) is 2.42. The number of hydrogen-bond donors (Lipinski definition) is 0. The van der Waals surface area contributed by atoms with Crippen LogP contribution in [-0.2, 0) is 0 Å². The van der Waals surface area contributed by atoms with E-state index in [4.69, 9.17) is 5.10 Å². The maximum atomic E-state index is 4.71. The van der Waals surface area contributed by atoms with Crippen LogP contribution in [0.15, 0.2) is 77.9 Å². The lowest BCUT2D eigenvalue weighted by molar-refractivity contribution is 0.272. The van der Waals surface area contributed by atoms with Gasteiger partial charge in [-0.05, 0) is 22.9 Å². The first-order chi connectivity index (χ1) is 11.9. The predicted molar refractivity (Wildman–Crippen MR) is 102 cm³/mol. The molecule has 0 bridgehead atoms. The Morgan fingerprint density at radius 3 is 2.25 bits per heavy atom. The van der Waals surface area contributed by atoms with Gasteiger partial charge in [0.2, 0.25) is 0 Å². The molecule has 0 amide bonds. The fourth-order valence-corrected chi connectivity index (χ4v) is 3.22. The van der Waals surface area contributed by atoms with E-state index in [-0.39, 0.29) is 0 Å². The zero-order valence-electron chi connectivity index (χ0n) is 13.7. The topological polar surface area (TPSA) is 18.8 Å². The van der Waals surface area contributed by atoms with Crippen LogP contribution in [0.4, 0.5) is 5.69 Å². The van der Waals surface area contributed by atoms with E-state index in [0.717, 1.165) is 26.2 Å². The Labute approximate surface area is 142 Å². The molecule has 0 unspecified atom stereocenters. The number of anilines is 1. The lowest BCUT2D eigenvalue weighted by Crippen LogP contribution is -2.44. The van der Waals surface area contributed by atoms with E-state index in [1.807, 2.05) is 6.21 Å². The van der Waals surface area contributed by atoms with Crippen LogP contribution in [0.25, 0.3) is 10.8 Å². The van der Waals surface area contributed by atoms with Crippen molar-refractivity contribution in [3.05, 3.63) is 78.4 Å². The largest absolute Gasteiger partial charge is 0.368 e. The van der Waals surface area contributed by atoms with Crippen LogP contribution in [0.5, 0.6) is 0 Å². The molecule has 0 atom stereocenters. The molecule has 1 aliphatic rings. The van der Waals surface area contributed by atoms with Crippen molar-refractivity contribution in [3.8, 4) is 0 Å². The lowest BCUT2D eigenvalue weighted by atomic mass is 10.1. The number of para-hydroxylation sites is 1. The number of piperazine rings is 1. The van der Waals surface area contributed by atoms with E-state index in [0.29, 0.717) is 0 Å². The Bertz CT molecular complexity index is 829. The number of fused-ring (bicyclic) bond motifs is 1. The zero-order valence-corrected chi connectivity index (χ0v) is 13.7. The Hall–Kier alpha value is -2.81. The highest BCUT2D eigenvalue weighted by Crippen LogP contribution is 2.18. The second kappa shape index (κ2) is 6.75. The van der Waals surface area contributed by atoms with Crippen LogP contribution in [-0.4, -0.2) is 37.4 Å². The summed E-state index contributed by atoms with van der Waals surface area (Å²) in [5.74, 6) is 0. The zero-order chi connectivity index (χ0) is 16.2. The second-order valence-corrected chi connectivity index (χ2v) is 6.09. The van der Waals surface area contributed by atoms with Gasteiger partial charge in [0.15, 0.2) is 0 Å². The second-order valence-electron chi connectivity index (χ2n) is 6.09. The molecule has 0 aliphatic carbocycles. The molecule has 3 nitrogen and oxygen atoms in total. The molecule has 3 aromatic rings.